The Bertz CT molecular complexity index is 1000. The average Bonchev–Trinajstić information content (AvgIpc) is 2.91. The van der Waals surface area contributed by atoms with E-state index in [0.717, 1.165) is 30.6 Å². The molecule has 8 heteroatoms. The van der Waals surface area contributed by atoms with Crippen molar-refractivity contribution in [1.82, 2.24) is 10.2 Å². The van der Waals surface area contributed by atoms with Crippen LogP contribution in [0.2, 0.25) is 0 Å². The Morgan fingerprint density at radius 2 is 1.92 bits per heavy atom. The van der Waals surface area contributed by atoms with Crippen LogP contribution in [0, 0.1) is 11.7 Å². The third-order valence-corrected chi connectivity index (χ3v) is 6.94. The Morgan fingerprint density at radius 3 is 2.63 bits per heavy atom. The average molecular weight is 531 g/mol. The summed E-state index contributed by atoms with van der Waals surface area (Å²) in [7, 11) is 3.53. The second-order valence-electron chi connectivity index (χ2n) is 10.2. The van der Waals surface area contributed by atoms with Gasteiger partial charge in [0, 0.05) is 25.6 Å². The van der Waals surface area contributed by atoms with E-state index in [4.69, 9.17) is 18.9 Å². The van der Waals surface area contributed by atoms with E-state index in [1.54, 1.807) is 18.1 Å². The Hall–Kier alpha value is -2.68. The molecule has 0 radical (unpaired) electrons. The van der Waals surface area contributed by atoms with Crippen LogP contribution in [-0.4, -0.2) is 69.5 Å². The number of nitrogens with zero attached hydrogens (tertiary/aromatic N) is 1. The molecule has 4 atom stereocenters. The summed E-state index contributed by atoms with van der Waals surface area (Å²) in [6, 6.07) is 11.6. The molecular weight excluding hydrogens is 487 g/mol. The first-order chi connectivity index (χ1) is 18.3. The Kier molecular flexibility index (Phi) is 11.8. The van der Waals surface area contributed by atoms with E-state index < -0.39 is 5.82 Å². The van der Waals surface area contributed by atoms with Gasteiger partial charge in [-0.3, -0.25) is 4.79 Å². The minimum Gasteiger partial charge on any atom is -0.497 e. The molecule has 0 aliphatic carbocycles. The lowest BCUT2D eigenvalue weighted by atomic mass is 10.0. The van der Waals surface area contributed by atoms with Crippen molar-refractivity contribution >= 4 is 5.91 Å². The van der Waals surface area contributed by atoms with Gasteiger partial charge in [0.2, 0.25) is 0 Å². The van der Waals surface area contributed by atoms with Gasteiger partial charge in [-0.25, -0.2) is 4.39 Å². The molecule has 38 heavy (non-hydrogen) atoms. The topological polar surface area (TPSA) is 69.3 Å². The Morgan fingerprint density at radius 1 is 1.16 bits per heavy atom. The first-order valence-corrected chi connectivity index (χ1v) is 13.6. The van der Waals surface area contributed by atoms with Gasteiger partial charge in [-0.1, -0.05) is 19.1 Å². The number of carbonyl (C=O) groups is 1. The fourth-order valence-corrected chi connectivity index (χ4v) is 4.65. The van der Waals surface area contributed by atoms with Crippen molar-refractivity contribution in [3.63, 3.8) is 0 Å². The number of amides is 1. The lowest BCUT2D eigenvalue weighted by molar-refractivity contribution is -0.00514. The second-order valence-corrected chi connectivity index (χ2v) is 10.2. The summed E-state index contributed by atoms with van der Waals surface area (Å²) < 4.78 is 38.0. The maximum atomic E-state index is 14.4. The zero-order valence-corrected chi connectivity index (χ0v) is 23.4. The van der Waals surface area contributed by atoms with Crippen LogP contribution in [0.3, 0.4) is 0 Å². The summed E-state index contributed by atoms with van der Waals surface area (Å²) in [5.41, 5.74) is 1.24. The van der Waals surface area contributed by atoms with E-state index in [-0.39, 0.29) is 35.6 Å². The van der Waals surface area contributed by atoms with Gasteiger partial charge in [0.25, 0.3) is 5.91 Å². The van der Waals surface area contributed by atoms with Crippen molar-refractivity contribution in [2.24, 2.45) is 5.92 Å². The van der Waals surface area contributed by atoms with Crippen LogP contribution in [0.25, 0.3) is 0 Å². The molecule has 7 nitrogen and oxygen atoms in total. The number of likely N-dealkylation sites (N-methyl/N-ethyl adjacent to an activating group) is 1. The molecular formula is C30H43FN2O5. The lowest BCUT2D eigenvalue weighted by Crippen LogP contribution is -2.47. The fraction of sp³-hybridized carbons (Fsp3) is 0.567. The minimum absolute atomic E-state index is 0.0372. The highest BCUT2D eigenvalue weighted by Gasteiger charge is 2.30. The van der Waals surface area contributed by atoms with Gasteiger partial charge >= 0.3 is 0 Å². The number of rotatable bonds is 8. The molecule has 0 aromatic heterocycles. The van der Waals surface area contributed by atoms with Crippen molar-refractivity contribution in [2.45, 2.75) is 64.9 Å². The number of hydrogen-bond donors (Lipinski definition) is 1. The fourth-order valence-electron chi connectivity index (χ4n) is 4.65. The molecule has 0 unspecified atom stereocenters. The first kappa shape index (κ1) is 29.9. The molecule has 1 amide bonds. The molecule has 0 spiro atoms. The quantitative estimate of drug-likeness (QED) is 0.514. The zero-order valence-electron chi connectivity index (χ0n) is 23.4. The molecule has 2 aromatic carbocycles. The standard InChI is InChI=1S/C30H43FN2O5/c1-21-18-33(22(2)19-36-20-24-9-12-26(35-5)13-10-24)30(34)27-16-25(31)11-14-28(27)38-23(3)8-6-7-15-37-29(21)17-32-4/h9-14,16,21-23,29,32H,6-8,15,17-20H2,1-5H3/t21-,22+,23+,29+/m1/s1. The van der Waals surface area contributed by atoms with E-state index in [1.807, 2.05) is 45.2 Å². The zero-order chi connectivity index (χ0) is 27.5. The molecule has 210 valence electrons. The van der Waals surface area contributed by atoms with Crippen LogP contribution in [0.5, 0.6) is 11.5 Å². The van der Waals surface area contributed by atoms with E-state index in [1.165, 1.54) is 12.1 Å². The summed E-state index contributed by atoms with van der Waals surface area (Å²) in [4.78, 5) is 15.7. The summed E-state index contributed by atoms with van der Waals surface area (Å²) in [5.74, 6) is 0.484. The van der Waals surface area contributed by atoms with E-state index in [0.29, 0.717) is 38.7 Å². The smallest absolute Gasteiger partial charge is 0.258 e. The Labute approximate surface area is 226 Å². The summed E-state index contributed by atoms with van der Waals surface area (Å²) in [5, 5.41) is 3.22. The molecule has 1 N–H and O–H groups in total. The highest BCUT2D eigenvalue weighted by molar-refractivity contribution is 5.97. The van der Waals surface area contributed by atoms with Gasteiger partial charge in [0.1, 0.15) is 17.3 Å². The molecule has 1 aliphatic rings. The lowest BCUT2D eigenvalue weighted by Gasteiger charge is -2.35. The molecule has 0 saturated carbocycles. The SMILES string of the molecule is CNC[C@@H]1OCCCC[C@H](C)Oc2ccc(F)cc2C(=O)N([C@@H](C)COCc2ccc(OC)cc2)C[C@H]1C. The first-order valence-electron chi connectivity index (χ1n) is 13.6. The molecule has 3 rings (SSSR count). The number of ether oxygens (including phenoxy) is 4. The summed E-state index contributed by atoms with van der Waals surface area (Å²) in [6.07, 6.45) is 2.52. The molecule has 1 aliphatic heterocycles. The van der Waals surface area contributed by atoms with Crippen molar-refractivity contribution in [1.29, 1.82) is 0 Å². The highest BCUT2D eigenvalue weighted by atomic mass is 19.1. The number of fused-ring (bicyclic) bond motifs is 1. The normalized spacial score (nSPS) is 22.2. The van der Waals surface area contributed by atoms with E-state index >= 15 is 0 Å². The third kappa shape index (κ3) is 8.68. The van der Waals surface area contributed by atoms with E-state index in [9.17, 15) is 9.18 Å². The number of carbonyl (C=O) groups excluding carboxylic acids is 1. The summed E-state index contributed by atoms with van der Waals surface area (Å²) in [6.45, 7) is 8.51. The van der Waals surface area contributed by atoms with Crippen molar-refractivity contribution < 1.29 is 28.1 Å². The van der Waals surface area contributed by atoms with Crippen LogP contribution >= 0.6 is 0 Å². The van der Waals surface area contributed by atoms with Gasteiger partial charge in [0.05, 0.1) is 44.1 Å². The largest absolute Gasteiger partial charge is 0.497 e. The second kappa shape index (κ2) is 15.0. The molecule has 0 bridgehead atoms. The van der Waals surface area contributed by atoms with Gasteiger partial charge in [0.15, 0.2) is 0 Å². The third-order valence-electron chi connectivity index (χ3n) is 6.94. The Balaban J connectivity index is 1.84. The van der Waals surface area contributed by atoms with Gasteiger partial charge in [-0.15, -0.1) is 0 Å². The van der Waals surface area contributed by atoms with Gasteiger partial charge in [-0.05, 0) is 76.1 Å². The molecule has 1 heterocycles. The van der Waals surface area contributed by atoms with Crippen LogP contribution in [-0.2, 0) is 16.1 Å². The number of benzene rings is 2. The van der Waals surface area contributed by atoms with Crippen LogP contribution in [0.15, 0.2) is 42.5 Å². The predicted molar refractivity (Wildman–Crippen MR) is 146 cm³/mol. The highest BCUT2D eigenvalue weighted by Crippen LogP contribution is 2.26. The number of halogens is 1. The molecule has 2 aromatic rings. The van der Waals surface area contributed by atoms with Crippen molar-refractivity contribution in [3.05, 3.63) is 59.4 Å². The van der Waals surface area contributed by atoms with Crippen molar-refractivity contribution in [2.75, 3.05) is 40.5 Å². The van der Waals surface area contributed by atoms with Crippen LogP contribution < -0.4 is 14.8 Å². The van der Waals surface area contributed by atoms with Crippen molar-refractivity contribution in [3.8, 4) is 11.5 Å². The van der Waals surface area contributed by atoms with Crippen LogP contribution in [0.4, 0.5) is 4.39 Å². The minimum atomic E-state index is -0.470. The number of hydrogen-bond acceptors (Lipinski definition) is 6. The maximum Gasteiger partial charge on any atom is 0.258 e. The summed E-state index contributed by atoms with van der Waals surface area (Å²) >= 11 is 0. The van der Waals surface area contributed by atoms with E-state index in [2.05, 4.69) is 12.2 Å². The number of nitrogens with one attached hydrogen (secondary N) is 1. The van der Waals surface area contributed by atoms with Gasteiger partial charge in [-0.2, -0.15) is 0 Å². The maximum absolute atomic E-state index is 14.4. The predicted octanol–water partition coefficient (Wildman–Crippen LogP) is 5.07. The van der Waals surface area contributed by atoms with Crippen LogP contribution in [0.1, 0.15) is 56.0 Å². The van der Waals surface area contributed by atoms with Gasteiger partial charge < -0.3 is 29.2 Å². The monoisotopic (exact) mass is 530 g/mol. The molecule has 0 fully saturated rings. The number of methoxy groups -OCH3 is 1. The molecule has 0 saturated heterocycles.